The van der Waals surface area contributed by atoms with Crippen LogP contribution in [0.2, 0.25) is 0 Å². The predicted molar refractivity (Wildman–Crippen MR) is 121 cm³/mol. The van der Waals surface area contributed by atoms with Crippen molar-refractivity contribution < 1.29 is 9.59 Å². The van der Waals surface area contributed by atoms with Crippen molar-refractivity contribution in [2.75, 3.05) is 6.54 Å². The van der Waals surface area contributed by atoms with Crippen LogP contribution in [-0.4, -0.2) is 23.2 Å². The molecule has 1 N–H and O–H groups in total. The number of aromatic nitrogens is 1. The van der Waals surface area contributed by atoms with E-state index in [4.69, 9.17) is 0 Å². The molecule has 5 heteroatoms. The Bertz CT molecular complexity index is 1050. The van der Waals surface area contributed by atoms with Crippen molar-refractivity contribution >= 4 is 23.0 Å². The second-order valence-corrected chi connectivity index (χ2v) is 8.87. The van der Waals surface area contributed by atoms with Crippen LogP contribution in [0.3, 0.4) is 0 Å². The van der Waals surface area contributed by atoms with Gasteiger partial charge in [-0.25, -0.2) is 4.98 Å². The molecule has 1 aliphatic rings. The lowest BCUT2D eigenvalue weighted by Crippen LogP contribution is -2.26. The molecular weight excluding hydrogens is 392 g/mol. The molecule has 0 spiro atoms. The monoisotopic (exact) mass is 418 g/mol. The Balaban J connectivity index is 1.20. The number of amides is 1. The van der Waals surface area contributed by atoms with Gasteiger partial charge in [0.25, 0.3) is 0 Å². The van der Waals surface area contributed by atoms with Gasteiger partial charge in [-0.15, -0.1) is 11.3 Å². The van der Waals surface area contributed by atoms with Crippen molar-refractivity contribution in [1.82, 2.24) is 10.3 Å². The van der Waals surface area contributed by atoms with Crippen LogP contribution in [0, 0.1) is 6.92 Å². The molecule has 0 saturated heterocycles. The number of carbonyl (C=O) groups is 2. The summed E-state index contributed by atoms with van der Waals surface area (Å²) < 4.78 is 0. The Morgan fingerprint density at radius 1 is 1.03 bits per heavy atom. The average molecular weight is 419 g/mol. The number of hydrogen-bond donors (Lipinski definition) is 1. The van der Waals surface area contributed by atoms with Gasteiger partial charge in [-0.1, -0.05) is 36.4 Å². The highest BCUT2D eigenvalue weighted by Crippen LogP contribution is 2.24. The van der Waals surface area contributed by atoms with Crippen LogP contribution in [0.15, 0.2) is 47.8 Å². The van der Waals surface area contributed by atoms with Gasteiger partial charge >= 0.3 is 0 Å². The number of nitrogens with one attached hydrogen (secondary N) is 1. The number of ketones is 1. The first-order valence-corrected chi connectivity index (χ1v) is 11.4. The molecule has 4 nitrogen and oxygen atoms in total. The van der Waals surface area contributed by atoms with Crippen LogP contribution in [0.25, 0.3) is 11.3 Å². The van der Waals surface area contributed by atoms with Crippen LogP contribution >= 0.6 is 11.3 Å². The normalized spacial score (nSPS) is 12.6. The minimum atomic E-state index is -0.0703. The van der Waals surface area contributed by atoms with Gasteiger partial charge in [-0.3, -0.25) is 9.59 Å². The molecule has 0 bridgehead atoms. The van der Waals surface area contributed by atoms with Crippen molar-refractivity contribution in [2.45, 2.75) is 45.4 Å². The average Bonchev–Trinajstić information content (AvgIpc) is 3.40. The molecule has 2 aromatic carbocycles. The smallest absolute Gasteiger partial charge is 0.220 e. The topological polar surface area (TPSA) is 59.1 Å². The van der Waals surface area contributed by atoms with Crippen molar-refractivity contribution in [3.63, 3.8) is 0 Å². The molecule has 0 saturated carbocycles. The number of carbonyl (C=O) groups excluding carboxylic acids is 2. The fourth-order valence-electron chi connectivity index (χ4n) is 3.89. The van der Waals surface area contributed by atoms with E-state index in [1.54, 1.807) is 11.3 Å². The Labute approximate surface area is 181 Å². The van der Waals surface area contributed by atoms with E-state index in [2.05, 4.69) is 46.0 Å². The molecule has 1 amide bonds. The quantitative estimate of drug-likeness (QED) is 0.528. The number of thiazole rings is 1. The van der Waals surface area contributed by atoms with E-state index in [1.165, 1.54) is 23.1 Å². The van der Waals surface area contributed by atoms with E-state index in [-0.39, 0.29) is 24.5 Å². The maximum Gasteiger partial charge on any atom is 0.220 e. The zero-order valence-electron chi connectivity index (χ0n) is 17.2. The number of hydrogen-bond acceptors (Lipinski definition) is 4. The van der Waals surface area contributed by atoms with Crippen LogP contribution < -0.4 is 5.32 Å². The lowest BCUT2D eigenvalue weighted by atomic mass is 10.0. The Morgan fingerprint density at radius 3 is 2.60 bits per heavy atom. The molecule has 4 rings (SSSR count). The first kappa shape index (κ1) is 20.5. The first-order valence-electron chi connectivity index (χ1n) is 10.5. The summed E-state index contributed by atoms with van der Waals surface area (Å²) in [5.74, 6) is -0.0215. The molecule has 3 aromatic rings. The number of nitrogens with zero attached hydrogens (tertiary/aromatic N) is 1. The van der Waals surface area contributed by atoms with Gasteiger partial charge in [0.15, 0.2) is 5.78 Å². The number of aryl methyl sites for hydroxylation is 3. The largest absolute Gasteiger partial charge is 0.356 e. The fraction of sp³-hybridized carbons (Fsp3) is 0.320. The Kier molecular flexibility index (Phi) is 6.38. The number of benzene rings is 2. The minimum absolute atomic E-state index is 0.0488. The SMILES string of the molecule is Cc1nc(-c2ccc(CCNC(=O)CCC(=O)c3ccc4c(c3)CCC4)cc2)cs1. The van der Waals surface area contributed by atoms with Gasteiger partial charge in [0.1, 0.15) is 0 Å². The third kappa shape index (κ3) is 5.03. The Morgan fingerprint density at radius 2 is 1.83 bits per heavy atom. The molecule has 0 aliphatic heterocycles. The van der Waals surface area contributed by atoms with Crippen LogP contribution in [0.4, 0.5) is 0 Å². The first-order chi connectivity index (χ1) is 14.6. The predicted octanol–water partition coefficient (Wildman–Crippen LogP) is 4.93. The summed E-state index contributed by atoms with van der Waals surface area (Å²) in [6, 6.07) is 14.3. The molecule has 0 radical (unpaired) electrons. The van der Waals surface area contributed by atoms with E-state index in [0.717, 1.165) is 41.1 Å². The Hall–Kier alpha value is -2.79. The summed E-state index contributed by atoms with van der Waals surface area (Å²) in [6.45, 7) is 2.57. The third-order valence-electron chi connectivity index (χ3n) is 5.60. The van der Waals surface area contributed by atoms with Crippen LogP contribution in [-0.2, 0) is 24.1 Å². The molecule has 30 heavy (non-hydrogen) atoms. The van der Waals surface area contributed by atoms with E-state index in [0.29, 0.717) is 6.54 Å². The maximum absolute atomic E-state index is 12.4. The van der Waals surface area contributed by atoms with Gasteiger partial charge in [-0.05, 0) is 55.4 Å². The molecule has 0 atom stereocenters. The summed E-state index contributed by atoms with van der Waals surface area (Å²) in [6.07, 6.45) is 4.59. The van der Waals surface area contributed by atoms with Gasteiger partial charge in [0, 0.05) is 35.9 Å². The van der Waals surface area contributed by atoms with Crippen molar-refractivity contribution in [1.29, 1.82) is 0 Å². The molecule has 0 unspecified atom stereocenters. The third-order valence-corrected chi connectivity index (χ3v) is 6.38. The number of Topliss-reactive ketones (excluding diaryl/α,β-unsaturated/α-hetero) is 1. The lowest BCUT2D eigenvalue weighted by Gasteiger charge is -2.07. The van der Waals surface area contributed by atoms with E-state index < -0.39 is 0 Å². The van der Waals surface area contributed by atoms with Crippen molar-refractivity contribution in [3.8, 4) is 11.3 Å². The summed E-state index contributed by atoms with van der Waals surface area (Å²) >= 11 is 1.65. The van der Waals surface area contributed by atoms with Gasteiger partial charge in [-0.2, -0.15) is 0 Å². The second-order valence-electron chi connectivity index (χ2n) is 7.81. The van der Waals surface area contributed by atoms with Gasteiger partial charge < -0.3 is 5.32 Å². The maximum atomic E-state index is 12.4. The zero-order chi connectivity index (χ0) is 20.9. The zero-order valence-corrected chi connectivity index (χ0v) is 18.1. The van der Waals surface area contributed by atoms with Gasteiger partial charge in [0.2, 0.25) is 5.91 Å². The molecule has 1 aromatic heterocycles. The standard InChI is InChI=1S/C25H26N2O2S/c1-17-27-23(16-30-17)20-7-5-18(6-8-20)13-14-26-25(29)12-11-24(28)22-10-9-19-3-2-4-21(19)15-22/h5-10,15-16H,2-4,11-14H2,1H3,(H,26,29). The molecule has 0 fully saturated rings. The lowest BCUT2D eigenvalue weighted by molar-refractivity contribution is -0.121. The summed E-state index contributed by atoms with van der Waals surface area (Å²) in [5, 5.41) is 6.05. The highest BCUT2D eigenvalue weighted by Gasteiger charge is 2.15. The second kappa shape index (κ2) is 9.35. The van der Waals surface area contributed by atoms with Crippen LogP contribution in [0.1, 0.15) is 51.3 Å². The molecule has 1 heterocycles. The minimum Gasteiger partial charge on any atom is -0.356 e. The van der Waals surface area contributed by atoms with E-state index in [1.807, 2.05) is 19.1 Å². The summed E-state index contributed by atoms with van der Waals surface area (Å²) in [7, 11) is 0. The van der Waals surface area contributed by atoms with Crippen molar-refractivity contribution in [2.24, 2.45) is 0 Å². The highest BCUT2D eigenvalue weighted by molar-refractivity contribution is 7.09. The van der Waals surface area contributed by atoms with E-state index >= 15 is 0 Å². The van der Waals surface area contributed by atoms with Crippen molar-refractivity contribution in [3.05, 3.63) is 75.1 Å². The summed E-state index contributed by atoms with van der Waals surface area (Å²) in [5.41, 5.74) is 6.67. The fourth-order valence-corrected chi connectivity index (χ4v) is 4.51. The van der Waals surface area contributed by atoms with Crippen LogP contribution in [0.5, 0.6) is 0 Å². The summed E-state index contributed by atoms with van der Waals surface area (Å²) in [4.78, 5) is 29.0. The highest BCUT2D eigenvalue weighted by atomic mass is 32.1. The van der Waals surface area contributed by atoms with Gasteiger partial charge in [0.05, 0.1) is 10.7 Å². The van der Waals surface area contributed by atoms with E-state index in [9.17, 15) is 9.59 Å². The number of fused-ring (bicyclic) bond motifs is 1. The molecule has 1 aliphatic carbocycles. The molecule has 154 valence electrons. The molecular formula is C25H26N2O2S. The number of rotatable bonds is 8.